The molecule has 0 saturated carbocycles. The summed E-state index contributed by atoms with van der Waals surface area (Å²) < 4.78 is 19.0. The van der Waals surface area contributed by atoms with Crippen LogP contribution in [-0.4, -0.2) is 12.0 Å². The minimum absolute atomic E-state index is 0.318. The highest BCUT2D eigenvalue weighted by Crippen LogP contribution is 2.27. The number of carbonyl (C=O) groups excluding carboxylic acids is 1. The molecule has 1 atom stereocenters. The van der Waals surface area contributed by atoms with E-state index in [4.69, 9.17) is 16.3 Å². The number of amides is 1. The Bertz CT molecular complexity index is 709. The molecule has 2 aromatic rings. The van der Waals surface area contributed by atoms with Crippen LogP contribution in [0, 0.1) is 12.7 Å². The number of hydrogen-bond donors (Lipinski definition) is 1. The Kier molecular flexibility index (Phi) is 5.42. The summed E-state index contributed by atoms with van der Waals surface area (Å²) in [5, 5.41) is 3.34. The summed E-state index contributed by atoms with van der Waals surface area (Å²) in [5.74, 6) is -0.306. The highest BCUT2D eigenvalue weighted by Gasteiger charge is 2.17. The Morgan fingerprint density at radius 1 is 1.36 bits per heavy atom. The molecule has 2 aromatic carbocycles. The van der Waals surface area contributed by atoms with Crippen molar-refractivity contribution in [3.05, 3.63) is 57.3 Å². The first-order chi connectivity index (χ1) is 10.4. The molecule has 1 N–H and O–H groups in total. The van der Waals surface area contributed by atoms with E-state index >= 15 is 0 Å². The van der Waals surface area contributed by atoms with Crippen molar-refractivity contribution >= 4 is 39.1 Å². The second-order valence-electron chi connectivity index (χ2n) is 4.74. The monoisotopic (exact) mass is 385 g/mol. The molecule has 0 aliphatic carbocycles. The number of hydrogen-bond acceptors (Lipinski definition) is 2. The minimum atomic E-state index is -0.750. The molecule has 1 amide bonds. The van der Waals surface area contributed by atoms with Crippen molar-refractivity contribution in [3.63, 3.8) is 0 Å². The Morgan fingerprint density at radius 3 is 2.77 bits per heavy atom. The van der Waals surface area contributed by atoms with E-state index in [0.717, 1.165) is 5.56 Å². The van der Waals surface area contributed by atoms with Crippen LogP contribution in [0.5, 0.6) is 5.75 Å². The van der Waals surface area contributed by atoms with Crippen molar-refractivity contribution in [2.45, 2.75) is 20.0 Å². The first-order valence-electron chi connectivity index (χ1n) is 6.56. The lowest BCUT2D eigenvalue weighted by molar-refractivity contribution is -0.122. The van der Waals surface area contributed by atoms with E-state index in [0.29, 0.717) is 20.9 Å². The quantitative estimate of drug-likeness (QED) is 0.807. The third-order valence-electron chi connectivity index (χ3n) is 3.09. The van der Waals surface area contributed by atoms with Gasteiger partial charge >= 0.3 is 0 Å². The Balaban J connectivity index is 2.07. The molecule has 6 heteroatoms. The number of anilines is 1. The van der Waals surface area contributed by atoms with Gasteiger partial charge in [0.1, 0.15) is 11.6 Å². The Hall–Kier alpha value is -1.59. The first kappa shape index (κ1) is 16.8. The van der Waals surface area contributed by atoms with Crippen molar-refractivity contribution in [3.8, 4) is 5.75 Å². The smallest absolute Gasteiger partial charge is 0.265 e. The average Bonchev–Trinajstić information content (AvgIpc) is 2.46. The van der Waals surface area contributed by atoms with E-state index < -0.39 is 6.10 Å². The molecule has 0 aliphatic rings. The zero-order valence-electron chi connectivity index (χ0n) is 12.0. The van der Waals surface area contributed by atoms with Gasteiger partial charge in [0.2, 0.25) is 0 Å². The predicted octanol–water partition coefficient (Wildman–Crippen LogP) is 4.96. The number of benzene rings is 2. The van der Waals surface area contributed by atoms with Crippen LogP contribution in [0.2, 0.25) is 5.02 Å². The molecule has 0 radical (unpaired) electrons. The molecule has 0 heterocycles. The van der Waals surface area contributed by atoms with Crippen molar-refractivity contribution in [2.75, 3.05) is 5.32 Å². The zero-order valence-corrected chi connectivity index (χ0v) is 14.3. The van der Waals surface area contributed by atoms with Crippen molar-refractivity contribution in [1.29, 1.82) is 0 Å². The number of ether oxygens (including phenoxy) is 1. The van der Waals surface area contributed by atoms with Crippen LogP contribution in [0.25, 0.3) is 0 Å². The van der Waals surface area contributed by atoms with Crippen LogP contribution in [-0.2, 0) is 4.79 Å². The molecule has 0 aromatic heterocycles. The van der Waals surface area contributed by atoms with Gasteiger partial charge in [0.15, 0.2) is 6.10 Å². The Morgan fingerprint density at radius 2 is 2.09 bits per heavy atom. The van der Waals surface area contributed by atoms with Crippen molar-refractivity contribution in [2.24, 2.45) is 0 Å². The van der Waals surface area contributed by atoms with Gasteiger partial charge in [-0.1, -0.05) is 17.7 Å². The van der Waals surface area contributed by atoms with Crippen LogP contribution in [0.1, 0.15) is 12.5 Å². The van der Waals surface area contributed by atoms with E-state index in [2.05, 4.69) is 21.2 Å². The predicted molar refractivity (Wildman–Crippen MR) is 89.0 cm³/mol. The number of rotatable bonds is 4. The molecule has 0 fully saturated rings. The fourth-order valence-electron chi connectivity index (χ4n) is 1.79. The SMILES string of the molecule is Cc1c(Cl)cccc1NC(=O)[C@@H](C)Oc1ccc(F)cc1Br. The molecule has 0 aliphatic heterocycles. The van der Waals surface area contributed by atoms with Gasteiger partial charge in [0.05, 0.1) is 4.47 Å². The lowest BCUT2D eigenvalue weighted by atomic mass is 10.2. The van der Waals surface area contributed by atoms with Gasteiger partial charge in [-0.15, -0.1) is 0 Å². The maximum Gasteiger partial charge on any atom is 0.265 e. The summed E-state index contributed by atoms with van der Waals surface area (Å²) in [4.78, 5) is 12.2. The van der Waals surface area contributed by atoms with Gasteiger partial charge in [-0.3, -0.25) is 4.79 Å². The number of carbonyl (C=O) groups is 1. The topological polar surface area (TPSA) is 38.3 Å². The molecule has 116 valence electrons. The Labute approximate surface area is 141 Å². The molecule has 0 saturated heterocycles. The summed E-state index contributed by atoms with van der Waals surface area (Å²) >= 11 is 9.22. The maximum absolute atomic E-state index is 13.0. The molecule has 3 nitrogen and oxygen atoms in total. The van der Waals surface area contributed by atoms with Crippen LogP contribution in [0.15, 0.2) is 40.9 Å². The second-order valence-corrected chi connectivity index (χ2v) is 6.00. The third kappa shape index (κ3) is 3.99. The highest BCUT2D eigenvalue weighted by molar-refractivity contribution is 9.10. The fraction of sp³-hybridized carbons (Fsp3) is 0.188. The van der Waals surface area contributed by atoms with E-state index in [1.807, 2.05) is 6.92 Å². The fourth-order valence-corrected chi connectivity index (χ4v) is 2.41. The number of halogens is 3. The van der Waals surface area contributed by atoms with Crippen molar-refractivity contribution < 1.29 is 13.9 Å². The summed E-state index contributed by atoms with van der Waals surface area (Å²) in [6.45, 7) is 3.44. The second kappa shape index (κ2) is 7.11. The van der Waals surface area contributed by atoms with Gasteiger partial charge < -0.3 is 10.1 Å². The normalized spacial score (nSPS) is 11.9. The average molecular weight is 387 g/mol. The van der Waals surface area contributed by atoms with Crippen molar-refractivity contribution in [1.82, 2.24) is 0 Å². The van der Waals surface area contributed by atoms with Gasteiger partial charge in [-0.05, 0) is 65.7 Å². The van der Waals surface area contributed by atoms with Gasteiger partial charge in [0.25, 0.3) is 5.91 Å². The van der Waals surface area contributed by atoms with Crippen LogP contribution < -0.4 is 10.1 Å². The van der Waals surface area contributed by atoms with E-state index in [-0.39, 0.29) is 11.7 Å². The summed E-state index contributed by atoms with van der Waals surface area (Å²) in [6.07, 6.45) is -0.750. The van der Waals surface area contributed by atoms with E-state index in [1.165, 1.54) is 18.2 Å². The molecule has 0 spiro atoms. The van der Waals surface area contributed by atoms with Crippen LogP contribution in [0.4, 0.5) is 10.1 Å². The molecular weight excluding hydrogens is 373 g/mol. The maximum atomic E-state index is 13.0. The summed E-state index contributed by atoms with van der Waals surface area (Å²) in [6, 6.07) is 9.29. The lowest BCUT2D eigenvalue weighted by Gasteiger charge is -2.17. The summed E-state index contributed by atoms with van der Waals surface area (Å²) in [5.41, 5.74) is 1.42. The lowest BCUT2D eigenvalue weighted by Crippen LogP contribution is -2.30. The summed E-state index contributed by atoms with van der Waals surface area (Å²) in [7, 11) is 0. The molecule has 0 bridgehead atoms. The standard InChI is InChI=1S/C16H14BrClFNO2/c1-9-13(18)4-3-5-14(9)20-16(21)10(2)22-15-7-6-11(19)8-12(15)17/h3-8,10H,1-2H3,(H,20,21)/t10-/m1/s1. The highest BCUT2D eigenvalue weighted by atomic mass is 79.9. The van der Waals surface area contributed by atoms with Gasteiger partial charge in [0, 0.05) is 10.7 Å². The molecule has 0 unspecified atom stereocenters. The van der Waals surface area contributed by atoms with Crippen LogP contribution in [0.3, 0.4) is 0 Å². The zero-order chi connectivity index (χ0) is 16.3. The van der Waals surface area contributed by atoms with Crippen LogP contribution >= 0.6 is 27.5 Å². The molecule has 2 rings (SSSR count). The number of nitrogens with one attached hydrogen (secondary N) is 1. The molecule has 22 heavy (non-hydrogen) atoms. The third-order valence-corrected chi connectivity index (χ3v) is 4.12. The first-order valence-corrected chi connectivity index (χ1v) is 7.73. The van der Waals surface area contributed by atoms with E-state index in [9.17, 15) is 9.18 Å². The molecular formula is C16H14BrClFNO2. The van der Waals surface area contributed by atoms with E-state index in [1.54, 1.807) is 25.1 Å². The minimum Gasteiger partial charge on any atom is -0.480 e. The van der Waals surface area contributed by atoms with Gasteiger partial charge in [-0.2, -0.15) is 0 Å². The van der Waals surface area contributed by atoms with Gasteiger partial charge in [-0.25, -0.2) is 4.39 Å². The largest absolute Gasteiger partial charge is 0.480 e.